The molecule has 0 aliphatic carbocycles. The van der Waals surface area contributed by atoms with Crippen LogP contribution in [0.25, 0.3) is 0 Å². The Bertz CT molecular complexity index is 13.5. The van der Waals surface area contributed by atoms with Crippen molar-refractivity contribution in [2.75, 3.05) is 0 Å². The topological polar surface area (TPSA) is 17.1 Å². The summed E-state index contributed by atoms with van der Waals surface area (Å²) in [6.45, 7) is 0. The zero-order valence-corrected chi connectivity index (χ0v) is 9.56. The van der Waals surface area contributed by atoms with Crippen LogP contribution in [0, 0.1) is 0 Å². The summed E-state index contributed by atoms with van der Waals surface area (Å²) in [6, 6.07) is 0. The molecule has 0 unspecified atom stereocenters. The Morgan fingerprint density at radius 1 is 1.50 bits per heavy atom. The maximum absolute atomic E-state index is 8.39. The molecule has 0 amide bonds. The molecule has 0 aliphatic rings. The third-order valence-electron chi connectivity index (χ3n) is 0. The molecule has 4 heteroatoms. The first-order valence-corrected chi connectivity index (χ1v) is 1.79. The van der Waals surface area contributed by atoms with E-state index in [1.807, 2.05) is 0 Å². The monoisotopic (exact) mass is 343 g/mol. The van der Waals surface area contributed by atoms with E-state index in [0.29, 0.717) is 0 Å². The molecule has 0 N–H and O–H groups in total. The van der Waals surface area contributed by atoms with Crippen LogP contribution in [0.4, 0.5) is 0 Å². The molecule has 3 radical (unpaired) electrons. The van der Waals surface area contributed by atoms with Gasteiger partial charge in [-0.25, -0.2) is 0 Å². The molecule has 0 aromatic rings. The molecule has 0 rings (SSSR count). The molecule has 0 aromatic heterocycles. The molecular formula is H2MgNbOPb. The van der Waals surface area contributed by atoms with Crippen LogP contribution >= 0.6 is 0 Å². The third-order valence-corrected chi connectivity index (χ3v) is 0. The second-order valence-corrected chi connectivity index (χ2v) is 0. The molecule has 0 bridgehead atoms. The maximum atomic E-state index is 8.39. The van der Waals surface area contributed by atoms with E-state index in [1.54, 1.807) is 0 Å². The summed E-state index contributed by atoms with van der Waals surface area (Å²) in [5, 5.41) is 0. The van der Waals surface area contributed by atoms with Crippen LogP contribution < -0.4 is 0 Å². The van der Waals surface area contributed by atoms with Crippen molar-refractivity contribution in [2.24, 2.45) is 0 Å². The fourth-order valence-electron chi connectivity index (χ4n) is 0. The van der Waals surface area contributed by atoms with Crippen molar-refractivity contribution in [3.63, 3.8) is 0 Å². The average Bonchev–Trinajstić information content (AvgIpc) is 1.00. The molecule has 4 heavy (non-hydrogen) atoms. The molecule has 0 spiro atoms. The predicted molar refractivity (Wildman–Crippen MR) is 14.4 cm³/mol. The van der Waals surface area contributed by atoms with Gasteiger partial charge in [0.15, 0.2) is 0 Å². The number of hydrogen-bond acceptors (Lipinski definition) is 1. The molecule has 0 fully saturated rings. The van der Waals surface area contributed by atoms with Gasteiger partial charge in [-0.05, 0) is 0 Å². The minimum absolute atomic E-state index is 0. The summed E-state index contributed by atoms with van der Waals surface area (Å²) < 4.78 is 8.39. The molecule has 0 aliphatic heterocycles. The van der Waals surface area contributed by atoms with Gasteiger partial charge in [-0.3, -0.25) is 0 Å². The van der Waals surface area contributed by atoms with Gasteiger partial charge in [-0.1, -0.05) is 0 Å². The van der Waals surface area contributed by atoms with Gasteiger partial charge in [0, 0.05) is 22.4 Å². The van der Waals surface area contributed by atoms with Crippen LogP contribution in [0.15, 0.2) is 0 Å². The summed E-state index contributed by atoms with van der Waals surface area (Å²) in [4.78, 5) is 0. The number of hydrogen-bond donors (Lipinski definition) is 0. The van der Waals surface area contributed by atoms with E-state index in [2.05, 4.69) is 0 Å². The van der Waals surface area contributed by atoms with Crippen LogP contribution in [-0.2, 0) is 25.1 Å². The van der Waals surface area contributed by atoms with Crippen LogP contribution in [0.5, 0.6) is 0 Å². The van der Waals surface area contributed by atoms with Gasteiger partial charge in [0.05, 0.1) is 0 Å². The van der Waals surface area contributed by atoms with Crippen LogP contribution in [0.3, 0.4) is 0 Å². The first kappa shape index (κ1) is 16.3. The first-order chi connectivity index (χ1) is 1.00. The second kappa shape index (κ2) is 18.8. The molecule has 0 heterocycles. The first-order valence-electron chi connectivity index (χ1n) is 0.204. The summed E-state index contributed by atoms with van der Waals surface area (Å²) in [5.74, 6) is 0. The van der Waals surface area contributed by atoms with E-state index >= 15 is 0 Å². The Hall–Kier alpha value is 2.23. The number of rotatable bonds is 0. The SMILES string of the molecule is [H-].[H-].[Mg+2].[Nb].[O]=[Pb]. The fourth-order valence-corrected chi connectivity index (χ4v) is 0. The van der Waals surface area contributed by atoms with Crippen molar-refractivity contribution in [3.8, 4) is 0 Å². The van der Waals surface area contributed by atoms with E-state index < -0.39 is 0 Å². The molecule has 0 saturated heterocycles. The van der Waals surface area contributed by atoms with Gasteiger partial charge >= 0.3 is 51.5 Å². The molecule has 0 aromatic carbocycles. The Kier molecular flexibility index (Phi) is 76.9. The Morgan fingerprint density at radius 2 is 1.50 bits per heavy atom. The Balaban J connectivity index is -0.000000000833. The summed E-state index contributed by atoms with van der Waals surface area (Å²) >= 11 is 0.0556. The Morgan fingerprint density at radius 3 is 1.50 bits per heavy atom. The average molecular weight is 342 g/mol. The predicted octanol–water partition coefficient (Wildman–Crippen LogP) is -0.658. The van der Waals surface area contributed by atoms with E-state index in [4.69, 9.17) is 2.69 Å². The standard InChI is InChI=1S/Mg.Nb.O.Pb.2H/q+2;;;;2*-1. The van der Waals surface area contributed by atoms with E-state index in [-0.39, 0.29) is 74.1 Å². The zero-order valence-electron chi connectivity index (χ0n) is 4.06. The Labute approximate surface area is 75.7 Å². The zero-order chi connectivity index (χ0) is 2.00. The van der Waals surface area contributed by atoms with E-state index in [0.717, 1.165) is 0 Å². The minimum atomic E-state index is 0. The van der Waals surface area contributed by atoms with Crippen molar-refractivity contribution in [1.82, 2.24) is 0 Å². The second-order valence-electron chi connectivity index (χ2n) is 0. The summed E-state index contributed by atoms with van der Waals surface area (Å²) in [7, 11) is 0. The van der Waals surface area contributed by atoms with Crippen molar-refractivity contribution < 1.29 is 27.9 Å². The van der Waals surface area contributed by atoms with Gasteiger partial charge in [0.25, 0.3) is 0 Å². The molecular weight excluding hydrogens is 340 g/mol. The van der Waals surface area contributed by atoms with Gasteiger partial charge in [-0.2, -0.15) is 0 Å². The van der Waals surface area contributed by atoms with Crippen LogP contribution in [0.2, 0.25) is 0 Å². The van der Waals surface area contributed by atoms with Crippen LogP contribution in [0.1, 0.15) is 2.85 Å². The summed E-state index contributed by atoms with van der Waals surface area (Å²) in [6.07, 6.45) is 0. The van der Waals surface area contributed by atoms with E-state index in [1.165, 1.54) is 0 Å². The van der Waals surface area contributed by atoms with Crippen LogP contribution in [-0.4, -0.2) is 48.8 Å². The van der Waals surface area contributed by atoms with Gasteiger partial charge in [-0.15, -0.1) is 0 Å². The third kappa shape index (κ3) is 8.87. The quantitative estimate of drug-likeness (QED) is 0.535. The normalized spacial score (nSPS) is 1.00. The van der Waals surface area contributed by atoms with Gasteiger partial charge in [0.2, 0.25) is 0 Å². The molecule has 19 valence electrons. The summed E-state index contributed by atoms with van der Waals surface area (Å²) in [5.41, 5.74) is 0. The van der Waals surface area contributed by atoms with Crippen molar-refractivity contribution in [2.45, 2.75) is 0 Å². The van der Waals surface area contributed by atoms with Crippen molar-refractivity contribution in [3.05, 3.63) is 0 Å². The van der Waals surface area contributed by atoms with Gasteiger partial charge in [0.1, 0.15) is 0 Å². The van der Waals surface area contributed by atoms with E-state index in [9.17, 15) is 0 Å². The van der Waals surface area contributed by atoms with Crippen molar-refractivity contribution in [1.29, 1.82) is 0 Å². The molecule has 0 atom stereocenters. The van der Waals surface area contributed by atoms with Crippen molar-refractivity contribution >= 4 is 48.8 Å². The van der Waals surface area contributed by atoms with Gasteiger partial charge < -0.3 is 2.85 Å². The molecule has 1 nitrogen and oxygen atoms in total. The molecule has 0 saturated carbocycles. The fraction of sp³-hybridized carbons (Fsp3) is 0.